The lowest BCUT2D eigenvalue weighted by atomic mass is 9.98. The van der Waals surface area contributed by atoms with Crippen LogP contribution in [0.2, 0.25) is 0 Å². The van der Waals surface area contributed by atoms with E-state index in [0.717, 1.165) is 0 Å². The number of aromatic carboxylic acids is 2. The molecule has 0 heterocycles. The zero-order valence-corrected chi connectivity index (χ0v) is 19.1. The summed E-state index contributed by atoms with van der Waals surface area (Å²) in [6.45, 7) is 1.15. The maximum absolute atomic E-state index is 14.2. The maximum atomic E-state index is 14.2. The summed E-state index contributed by atoms with van der Waals surface area (Å²) in [6.07, 6.45) is -42.6. The smallest absolute Gasteiger partial charge is 0.462 e. The molecule has 236 valence electrons. The molecule has 0 saturated carbocycles. The predicted octanol–water partition coefficient (Wildman–Crippen LogP) is 6.61. The number of hydrogen-bond donors (Lipinski definition) is 2. The third-order valence-corrected chi connectivity index (χ3v) is 4.72. The largest absolute Gasteiger partial charge is 0.478 e. The number of carboxylic acid groups (broad SMARTS) is 2. The second kappa shape index (κ2) is 10.5. The molecule has 41 heavy (non-hydrogen) atoms. The van der Waals surface area contributed by atoms with Crippen molar-refractivity contribution in [1.29, 1.82) is 0 Å². The minimum atomic E-state index is -7.90. The highest BCUT2D eigenvalue weighted by Gasteiger charge is 2.84. The number of carbonyl (C=O) groups is 2. The topological polar surface area (TPSA) is 102 Å². The molecule has 0 bridgehead atoms. The van der Waals surface area contributed by atoms with E-state index in [0.29, 0.717) is 19.9 Å². The molecular formula is C18H10F16O7. The number of benzene rings is 1. The molecule has 1 aromatic rings. The molecule has 0 aliphatic rings. The fraction of sp³-hybridized carbons (Fsp3) is 0.556. The number of ether oxygens (including phenoxy) is 3. The maximum Gasteiger partial charge on any atom is 0.462 e. The lowest BCUT2D eigenvalue weighted by Gasteiger charge is -2.38. The second-order valence-corrected chi connectivity index (χ2v) is 7.56. The van der Waals surface area contributed by atoms with Gasteiger partial charge in [0, 0.05) is 11.1 Å². The van der Waals surface area contributed by atoms with Gasteiger partial charge in [0.2, 0.25) is 0 Å². The van der Waals surface area contributed by atoms with E-state index in [1.807, 2.05) is 0 Å². The fourth-order valence-electron chi connectivity index (χ4n) is 2.63. The highest BCUT2D eigenvalue weighted by molar-refractivity contribution is 5.97. The van der Waals surface area contributed by atoms with E-state index < -0.39 is 88.8 Å². The van der Waals surface area contributed by atoms with Gasteiger partial charge in [-0.05, 0) is 19.9 Å². The number of rotatable bonds is 11. The zero-order valence-electron chi connectivity index (χ0n) is 19.1. The van der Waals surface area contributed by atoms with Crippen molar-refractivity contribution in [1.82, 2.24) is 0 Å². The molecule has 2 unspecified atom stereocenters. The van der Waals surface area contributed by atoms with Crippen LogP contribution in [0, 0.1) is 13.8 Å². The van der Waals surface area contributed by atoms with Crippen LogP contribution < -0.4 is 4.74 Å². The van der Waals surface area contributed by atoms with Crippen LogP contribution in [0.3, 0.4) is 0 Å². The van der Waals surface area contributed by atoms with Gasteiger partial charge in [-0.1, -0.05) is 0 Å². The Morgan fingerprint density at radius 3 is 1.41 bits per heavy atom. The third kappa shape index (κ3) is 6.48. The van der Waals surface area contributed by atoms with Crippen molar-refractivity contribution in [3.63, 3.8) is 0 Å². The highest BCUT2D eigenvalue weighted by atomic mass is 19.4. The van der Waals surface area contributed by atoms with E-state index in [1.165, 1.54) is 4.74 Å². The first kappa shape index (κ1) is 35.8. The number of carboxylic acids is 2. The standard InChI is InChI=1S/C18H10F16O7/c1-4-6(9(35)36)3-7(10(37)38)5(2)8(4)39-12(20,21)11(19)40-18(33,34)14(24,16(28,29)30)41-17(31,32)13(22,23)15(25,26)27/h3,11H,1-2H3,(H,35,36)(H,37,38). The van der Waals surface area contributed by atoms with Crippen molar-refractivity contribution < 1.29 is 104 Å². The molecule has 0 amide bonds. The quantitative estimate of drug-likeness (QED) is 0.262. The molecule has 1 rings (SSSR count). The SMILES string of the molecule is Cc1c(C(=O)O)cc(C(=O)O)c(C)c1OC(F)(F)C(F)OC(F)(F)C(F)(OC(F)(F)C(F)(F)C(F)(F)F)C(F)(F)F. The first-order chi connectivity index (χ1) is 17.9. The van der Waals surface area contributed by atoms with Crippen LogP contribution in [0.1, 0.15) is 31.8 Å². The average molecular weight is 642 g/mol. The average Bonchev–Trinajstić information content (AvgIpc) is 2.73. The number of halogens is 16. The normalized spacial score (nSPS) is 16.2. The van der Waals surface area contributed by atoms with E-state index in [4.69, 9.17) is 10.2 Å². The van der Waals surface area contributed by atoms with Gasteiger partial charge in [0.05, 0.1) is 11.1 Å². The first-order valence-corrected chi connectivity index (χ1v) is 9.53. The van der Waals surface area contributed by atoms with Crippen molar-refractivity contribution in [3.8, 4) is 5.75 Å². The molecule has 0 spiro atoms. The Kier molecular flexibility index (Phi) is 9.21. The molecule has 2 N–H and O–H groups in total. The second-order valence-electron chi connectivity index (χ2n) is 7.56. The van der Waals surface area contributed by atoms with E-state index in [1.54, 1.807) is 0 Å². The number of hydrogen-bond acceptors (Lipinski definition) is 5. The summed E-state index contributed by atoms with van der Waals surface area (Å²) in [7, 11) is 0. The molecule has 23 heteroatoms. The van der Waals surface area contributed by atoms with E-state index in [-0.39, 0.29) is 0 Å². The van der Waals surface area contributed by atoms with Crippen LogP contribution in [0.25, 0.3) is 0 Å². The van der Waals surface area contributed by atoms with Crippen LogP contribution in [0.15, 0.2) is 6.07 Å². The molecule has 0 fully saturated rings. The fourth-order valence-corrected chi connectivity index (χ4v) is 2.63. The van der Waals surface area contributed by atoms with Gasteiger partial charge in [-0.2, -0.15) is 65.9 Å². The molecule has 0 aliphatic carbocycles. The van der Waals surface area contributed by atoms with E-state index in [9.17, 15) is 79.8 Å². The lowest BCUT2D eigenvalue weighted by molar-refractivity contribution is -0.543. The lowest BCUT2D eigenvalue weighted by Crippen LogP contribution is -2.66. The molecule has 1 aromatic carbocycles. The third-order valence-electron chi connectivity index (χ3n) is 4.72. The van der Waals surface area contributed by atoms with Crippen molar-refractivity contribution >= 4 is 11.9 Å². The molecule has 0 radical (unpaired) electrons. The monoisotopic (exact) mass is 642 g/mol. The van der Waals surface area contributed by atoms with Gasteiger partial charge in [0.15, 0.2) is 0 Å². The Labute approximate surface area is 214 Å². The van der Waals surface area contributed by atoms with Gasteiger partial charge in [-0.3, -0.25) is 9.47 Å². The zero-order chi connectivity index (χ0) is 32.9. The van der Waals surface area contributed by atoms with Crippen LogP contribution in [0.4, 0.5) is 70.2 Å². The highest BCUT2D eigenvalue weighted by Crippen LogP contribution is 2.55. The van der Waals surface area contributed by atoms with Crippen molar-refractivity contribution in [2.24, 2.45) is 0 Å². The predicted molar refractivity (Wildman–Crippen MR) is 93.3 cm³/mol. The van der Waals surface area contributed by atoms with Crippen LogP contribution in [-0.2, 0) is 9.47 Å². The Morgan fingerprint density at radius 1 is 0.707 bits per heavy atom. The molecule has 0 saturated heterocycles. The summed E-state index contributed by atoms with van der Waals surface area (Å²) in [5, 5.41) is 18.1. The Morgan fingerprint density at radius 2 is 1.10 bits per heavy atom. The van der Waals surface area contributed by atoms with Crippen LogP contribution >= 0.6 is 0 Å². The summed E-state index contributed by atoms with van der Waals surface area (Å²) in [4.78, 5) is 22.4. The Balaban J connectivity index is 3.59. The van der Waals surface area contributed by atoms with Gasteiger partial charge in [0.25, 0.3) is 0 Å². The Hall–Kier alpha value is -3.24. The Bertz CT molecular complexity index is 1140. The summed E-state index contributed by atoms with van der Waals surface area (Å²) in [5.74, 6) is -21.5. The van der Waals surface area contributed by atoms with E-state index >= 15 is 0 Å². The van der Waals surface area contributed by atoms with Crippen molar-refractivity contribution in [2.75, 3.05) is 0 Å². The van der Waals surface area contributed by atoms with Gasteiger partial charge in [-0.25, -0.2) is 14.0 Å². The van der Waals surface area contributed by atoms with Gasteiger partial charge in [0.1, 0.15) is 5.75 Å². The summed E-state index contributed by atoms with van der Waals surface area (Å²) in [5.41, 5.74) is -4.35. The molecular weight excluding hydrogens is 632 g/mol. The summed E-state index contributed by atoms with van der Waals surface area (Å²) in [6, 6.07) is 0.340. The van der Waals surface area contributed by atoms with Crippen molar-refractivity contribution in [3.05, 3.63) is 28.3 Å². The van der Waals surface area contributed by atoms with Crippen LogP contribution in [-0.4, -0.2) is 71.0 Å². The number of alkyl halides is 16. The molecule has 2 atom stereocenters. The van der Waals surface area contributed by atoms with Crippen LogP contribution in [0.5, 0.6) is 5.75 Å². The van der Waals surface area contributed by atoms with Crippen molar-refractivity contribution in [2.45, 2.75) is 62.7 Å². The first-order valence-electron chi connectivity index (χ1n) is 9.53. The summed E-state index contributed by atoms with van der Waals surface area (Å²) < 4.78 is 219. The van der Waals surface area contributed by atoms with Gasteiger partial charge < -0.3 is 14.9 Å². The summed E-state index contributed by atoms with van der Waals surface area (Å²) >= 11 is 0. The van der Waals surface area contributed by atoms with Gasteiger partial charge in [-0.15, -0.1) is 0 Å². The van der Waals surface area contributed by atoms with Gasteiger partial charge >= 0.3 is 60.8 Å². The molecule has 7 nitrogen and oxygen atoms in total. The molecule has 0 aromatic heterocycles. The molecule has 0 aliphatic heterocycles. The minimum absolute atomic E-state index is 0.340. The van der Waals surface area contributed by atoms with E-state index in [2.05, 4.69) is 9.47 Å². The minimum Gasteiger partial charge on any atom is -0.478 e.